The second kappa shape index (κ2) is 6.37. The number of urea groups is 1. The Bertz CT molecular complexity index is 485. The van der Waals surface area contributed by atoms with E-state index in [0.29, 0.717) is 6.04 Å². The molecule has 2 saturated carbocycles. The lowest BCUT2D eigenvalue weighted by atomic mass is 9.69. The fourth-order valence-electron chi connectivity index (χ4n) is 4.03. The van der Waals surface area contributed by atoms with Gasteiger partial charge in [0.25, 0.3) is 0 Å². The number of carbonyl (C=O) groups excluding carboxylic acids is 1. The first kappa shape index (κ1) is 14.2. The average Bonchev–Trinajstić information content (AvgIpc) is 2.49. The van der Waals surface area contributed by atoms with Crippen molar-refractivity contribution in [3.05, 3.63) is 24.3 Å². The van der Waals surface area contributed by atoms with Gasteiger partial charge in [-0.1, -0.05) is 25.7 Å². The molecule has 4 N–H and O–H groups in total. The van der Waals surface area contributed by atoms with E-state index in [1.54, 1.807) is 0 Å². The monoisotopic (exact) mass is 287 g/mol. The van der Waals surface area contributed by atoms with Crippen LogP contribution >= 0.6 is 0 Å². The third kappa shape index (κ3) is 3.69. The number of hydrogen-bond donors (Lipinski definition) is 3. The predicted octanol–water partition coefficient (Wildman–Crippen LogP) is 3.95. The van der Waals surface area contributed by atoms with Crippen LogP contribution in [0.15, 0.2) is 24.3 Å². The van der Waals surface area contributed by atoms with Crippen molar-refractivity contribution in [1.29, 1.82) is 0 Å². The molecule has 0 saturated heterocycles. The number of nitrogens with one attached hydrogen (secondary N) is 2. The molecule has 3 atom stereocenters. The van der Waals surface area contributed by atoms with E-state index in [1.807, 2.05) is 24.3 Å². The number of nitrogens with two attached hydrogens (primary N) is 1. The van der Waals surface area contributed by atoms with E-state index in [9.17, 15) is 4.79 Å². The van der Waals surface area contributed by atoms with Crippen LogP contribution in [0.2, 0.25) is 0 Å². The molecule has 0 heterocycles. The minimum atomic E-state index is -0.522. The predicted molar refractivity (Wildman–Crippen MR) is 86.4 cm³/mol. The number of fused-ring (bicyclic) bond motifs is 1. The molecule has 0 bridgehead atoms. The first-order valence-electron chi connectivity index (χ1n) is 8.14. The molecular formula is C17H25N3O. The lowest BCUT2D eigenvalue weighted by molar-refractivity contribution is 0.162. The zero-order valence-electron chi connectivity index (χ0n) is 12.5. The molecule has 3 rings (SSSR count). The lowest BCUT2D eigenvalue weighted by Gasteiger charge is -2.39. The molecule has 21 heavy (non-hydrogen) atoms. The van der Waals surface area contributed by atoms with Crippen molar-refractivity contribution in [3.63, 3.8) is 0 Å². The van der Waals surface area contributed by atoms with E-state index in [2.05, 4.69) is 10.6 Å². The van der Waals surface area contributed by atoms with Crippen molar-refractivity contribution < 1.29 is 4.79 Å². The maximum atomic E-state index is 10.8. The Kier molecular flexibility index (Phi) is 4.32. The Labute approximate surface area is 126 Å². The van der Waals surface area contributed by atoms with Gasteiger partial charge in [0.05, 0.1) is 0 Å². The standard InChI is InChI=1S/C17H25N3O/c18-17(21)20-15-9-7-14(8-10-15)19-16-6-5-12-3-1-2-4-13(12)11-16/h7-10,12-13,16,19H,1-6,11H2,(H3,18,20,21). The van der Waals surface area contributed by atoms with Gasteiger partial charge in [0.1, 0.15) is 0 Å². The highest BCUT2D eigenvalue weighted by molar-refractivity contribution is 5.87. The average molecular weight is 287 g/mol. The van der Waals surface area contributed by atoms with Crippen molar-refractivity contribution in [2.75, 3.05) is 10.6 Å². The van der Waals surface area contributed by atoms with Crippen LogP contribution < -0.4 is 16.4 Å². The number of benzene rings is 1. The molecule has 2 fully saturated rings. The van der Waals surface area contributed by atoms with Crippen LogP contribution in [0.1, 0.15) is 44.9 Å². The van der Waals surface area contributed by atoms with E-state index in [-0.39, 0.29) is 0 Å². The first-order chi connectivity index (χ1) is 10.2. The molecule has 0 radical (unpaired) electrons. The third-order valence-electron chi connectivity index (χ3n) is 5.06. The Hall–Kier alpha value is -1.71. The molecule has 0 aromatic heterocycles. The van der Waals surface area contributed by atoms with Gasteiger partial charge in [-0.15, -0.1) is 0 Å². The number of hydrogen-bond acceptors (Lipinski definition) is 2. The molecule has 2 aliphatic rings. The van der Waals surface area contributed by atoms with Gasteiger partial charge in [-0.05, 0) is 55.4 Å². The highest BCUT2D eigenvalue weighted by Gasteiger charge is 2.31. The molecule has 4 heteroatoms. The van der Waals surface area contributed by atoms with Gasteiger partial charge in [0, 0.05) is 17.4 Å². The summed E-state index contributed by atoms with van der Waals surface area (Å²) in [5.74, 6) is 1.92. The van der Waals surface area contributed by atoms with Gasteiger partial charge in [0.15, 0.2) is 0 Å². The second-order valence-corrected chi connectivity index (χ2v) is 6.53. The smallest absolute Gasteiger partial charge is 0.316 e. The normalized spacial score (nSPS) is 28.5. The summed E-state index contributed by atoms with van der Waals surface area (Å²) in [6.07, 6.45) is 9.70. The summed E-state index contributed by atoms with van der Waals surface area (Å²) in [6, 6.07) is 7.88. The van der Waals surface area contributed by atoms with Gasteiger partial charge in [0.2, 0.25) is 0 Å². The van der Waals surface area contributed by atoms with Crippen LogP contribution in [-0.2, 0) is 0 Å². The lowest BCUT2D eigenvalue weighted by Crippen LogP contribution is -2.34. The van der Waals surface area contributed by atoms with Gasteiger partial charge < -0.3 is 16.4 Å². The summed E-state index contributed by atoms with van der Waals surface area (Å²) < 4.78 is 0. The largest absolute Gasteiger partial charge is 0.382 e. The molecule has 2 aliphatic carbocycles. The summed E-state index contributed by atoms with van der Waals surface area (Å²) >= 11 is 0. The highest BCUT2D eigenvalue weighted by atomic mass is 16.2. The summed E-state index contributed by atoms with van der Waals surface area (Å²) in [6.45, 7) is 0. The van der Waals surface area contributed by atoms with Crippen molar-refractivity contribution in [2.45, 2.75) is 51.0 Å². The van der Waals surface area contributed by atoms with Crippen molar-refractivity contribution in [2.24, 2.45) is 17.6 Å². The van der Waals surface area contributed by atoms with Crippen LogP contribution in [-0.4, -0.2) is 12.1 Å². The minimum Gasteiger partial charge on any atom is -0.382 e. The number of anilines is 2. The fraction of sp³-hybridized carbons (Fsp3) is 0.588. The molecule has 2 amide bonds. The number of amides is 2. The van der Waals surface area contributed by atoms with Crippen molar-refractivity contribution >= 4 is 17.4 Å². The SMILES string of the molecule is NC(=O)Nc1ccc(NC2CCC3CCCCC3C2)cc1. The molecule has 4 nitrogen and oxygen atoms in total. The molecule has 1 aromatic carbocycles. The number of rotatable bonds is 3. The molecule has 1 aromatic rings. The van der Waals surface area contributed by atoms with Gasteiger partial charge in [-0.3, -0.25) is 0 Å². The fourth-order valence-corrected chi connectivity index (χ4v) is 4.03. The zero-order chi connectivity index (χ0) is 14.7. The van der Waals surface area contributed by atoms with Crippen LogP contribution in [0, 0.1) is 11.8 Å². The van der Waals surface area contributed by atoms with E-state index in [4.69, 9.17) is 5.73 Å². The number of primary amides is 1. The molecule has 114 valence electrons. The maximum Gasteiger partial charge on any atom is 0.316 e. The summed E-state index contributed by atoms with van der Waals surface area (Å²) in [5, 5.41) is 6.23. The Morgan fingerprint density at radius 3 is 2.33 bits per heavy atom. The van der Waals surface area contributed by atoms with E-state index in [0.717, 1.165) is 23.2 Å². The molecular weight excluding hydrogens is 262 g/mol. The Morgan fingerprint density at radius 1 is 0.952 bits per heavy atom. The van der Waals surface area contributed by atoms with Crippen LogP contribution in [0.5, 0.6) is 0 Å². The minimum absolute atomic E-state index is 0.522. The highest BCUT2D eigenvalue weighted by Crippen LogP contribution is 2.41. The summed E-state index contributed by atoms with van der Waals surface area (Å²) in [7, 11) is 0. The number of carbonyl (C=O) groups is 1. The topological polar surface area (TPSA) is 67.2 Å². The van der Waals surface area contributed by atoms with Crippen LogP contribution in [0.25, 0.3) is 0 Å². The van der Waals surface area contributed by atoms with Gasteiger partial charge in [-0.2, -0.15) is 0 Å². The van der Waals surface area contributed by atoms with Crippen LogP contribution in [0.3, 0.4) is 0 Å². The van der Waals surface area contributed by atoms with E-state index in [1.165, 1.54) is 44.9 Å². The third-order valence-corrected chi connectivity index (χ3v) is 5.06. The van der Waals surface area contributed by atoms with Gasteiger partial charge >= 0.3 is 6.03 Å². The summed E-state index contributed by atoms with van der Waals surface area (Å²) in [5.41, 5.74) is 6.98. The van der Waals surface area contributed by atoms with Crippen molar-refractivity contribution in [1.82, 2.24) is 0 Å². The molecule has 0 aliphatic heterocycles. The maximum absolute atomic E-state index is 10.8. The molecule has 3 unspecified atom stereocenters. The van der Waals surface area contributed by atoms with E-state index < -0.39 is 6.03 Å². The van der Waals surface area contributed by atoms with Crippen LogP contribution in [0.4, 0.5) is 16.2 Å². The Morgan fingerprint density at radius 2 is 1.62 bits per heavy atom. The van der Waals surface area contributed by atoms with Crippen molar-refractivity contribution in [3.8, 4) is 0 Å². The zero-order valence-corrected chi connectivity index (χ0v) is 12.5. The first-order valence-corrected chi connectivity index (χ1v) is 8.14. The molecule has 0 spiro atoms. The second-order valence-electron chi connectivity index (χ2n) is 6.53. The Balaban J connectivity index is 1.55. The quantitative estimate of drug-likeness (QED) is 0.788. The van der Waals surface area contributed by atoms with Gasteiger partial charge in [-0.25, -0.2) is 4.79 Å². The van der Waals surface area contributed by atoms with E-state index >= 15 is 0 Å². The summed E-state index contributed by atoms with van der Waals surface area (Å²) in [4.78, 5) is 10.8.